The first-order chi connectivity index (χ1) is 5.07. The molecule has 0 spiro atoms. The Morgan fingerprint density at radius 3 is 2.64 bits per heavy atom. The van der Waals surface area contributed by atoms with Crippen LogP contribution in [0.5, 0.6) is 0 Å². The quantitative estimate of drug-likeness (QED) is 0.608. The standard InChI is InChI=1S/C8H15NO2/c1-6(7(2)9)3-4-8(11)5-10/h6,10H,2-5,9H2,1H3. The zero-order chi connectivity index (χ0) is 8.85. The molecule has 0 rings (SSSR count). The van der Waals surface area contributed by atoms with Crippen molar-refractivity contribution in [1.82, 2.24) is 0 Å². The monoisotopic (exact) mass is 157 g/mol. The van der Waals surface area contributed by atoms with E-state index in [0.29, 0.717) is 18.5 Å². The minimum atomic E-state index is -0.371. The molecule has 0 amide bonds. The van der Waals surface area contributed by atoms with E-state index in [1.165, 1.54) is 0 Å². The lowest BCUT2D eigenvalue weighted by Gasteiger charge is -2.08. The zero-order valence-corrected chi connectivity index (χ0v) is 6.84. The van der Waals surface area contributed by atoms with Crippen molar-refractivity contribution in [2.24, 2.45) is 11.7 Å². The van der Waals surface area contributed by atoms with Crippen molar-refractivity contribution in [2.45, 2.75) is 19.8 Å². The van der Waals surface area contributed by atoms with Crippen molar-refractivity contribution in [3.05, 3.63) is 12.3 Å². The summed E-state index contributed by atoms with van der Waals surface area (Å²) in [7, 11) is 0. The van der Waals surface area contributed by atoms with Gasteiger partial charge in [-0.2, -0.15) is 0 Å². The van der Waals surface area contributed by atoms with Gasteiger partial charge in [0.05, 0.1) is 0 Å². The van der Waals surface area contributed by atoms with Gasteiger partial charge in [-0.1, -0.05) is 13.5 Å². The Morgan fingerprint density at radius 1 is 1.73 bits per heavy atom. The van der Waals surface area contributed by atoms with E-state index in [1.54, 1.807) is 0 Å². The first kappa shape index (κ1) is 10.2. The summed E-state index contributed by atoms with van der Waals surface area (Å²) < 4.78 is 0. The van der Waals surface area contributed by atoms with Gasteiger partial charge in [0.2, 0.25) is 0 Å². The third-order valence-corrected chi connectivity index (χ3v) is 1.67. The van der Waals surface area contributed by atoms with Crippen LogP contribution in [-0.4, -0.2) is 17.5 Å². The summed E-state index contributed by atoms with van der Waals surface area (Å²) in [6.45, 7) is 5.10. The molecule has 0 heterocycles. The Morgan fingerprint density at radius 2 is 2.27 bits per heavy atom. The fourth-order valence-corrected chi connectivity index (χ4v) is 0.642. The van der Waals surface area contributed by atoms with E-state index < -0.39 is 0 Å². The minimum absolute atomic E-state index is 0.141. The highest BCUT2D eigenvalue weighted by Crippen LogP contribution is 2.10. The molecule has 0 aliphatic rings. The fraction of sp³-hybridized carbons (Fsp3) is 0.625. The molecule has 64 valence electrons. The number of ketones is 1. The molecule has 0 saturated heterocycles. The number of nitrogens with two attached hydrogens (primary N) is 1. The van der Waals surface area contributed by atoms with Crippen LogP contribution in [0.2, 0.25) is 0 Å². The lowest BCUT2D eigenvalue weighted by molar-refractivity contribution is -0.121. The molecule has 0 aromatic carbocycles. The van der Waals surface area contributed by atoms with Gasteiger partial charge in [0.15, 0.2) is 5.78 Å². The van der Waals surface area contributed by atoms with Crippen LogP contribution in [0.4, 0.5) is 0 Å². The maximum Gasteiger partial charge on any atom is 0.158 e. The number of aliphatic hydroxyl groups is 1. The third kappa shape index (κ3) is 4.56. The average Bonchev–Trinajstić information content (AvgIpc) is 1.99. The molecular formula is C8H15NO2. The third-order valence-electron chi connectivity index (χ3n) is 1.67. The first-order valence-electron chi connectivity index (χ1n) is 3.64. The molecule has 0 saturated carbocycles. The Bertz CT molecular complexity index is 154. The molecule has 3 N–H and O–H groups in total. The van der Waals surface area contributed by atoms with E-state index in [4.69, 9.17) is 10.8 Å². The van der Waals surface area contributed by atoms with Crippen LogP contribution in [0, 0.1) is 5.92 Å². The average molecular weight is 157 g/mol. The van der Waals surface area contributed by atoms with Crippen molar-refractivity contribution in [1.29, 1.82) is 0 Å². The number of hydrogen-bond donors (Lipinski definition) is 2. The van der Waals surface area contributed by atoms with E-state index in [1.807, 2.05) is 6.92 Å². The van der Waals surface area contributed by atoms with Crippen molar-refractivity contribution in [3.8, 4) is 0 Å². The van der Waals surface area contributed by atoms with E-state index >= 15 is 0 Å². The van der Waals surface area contributed by atoms with Crippen molar-refractivity contribution < 1.29 is 9.90 Å². The van der Waals surface area contributed by atoms with Gasteiger partial charge in [-0.3, -0.25) is 4.79 Å². The van der Waals surface area contributed by atoms with Crippen LogP contribution in [0.1, 0.15) is 19.8 Å². The molecular weight excluding hydrogens is 142 g/mol. The summed E-state index contributed by atoms with van der Waals surface area (Å²) in [5, 5.41) is 8.38. The first-order valence-corrected chi connectivity index (χ1v) is 3.64. The summed E-state index contributed by atoms with van der Waals surface area (Å²) in [6.07, 6.45) is 1.06. The van der Waals surface area contributed by atoms with Crippen LogP contribution in [0.3, 0.4) is 0 Å². The molecule has 0 aliphatic carbocycles. The van der Waals surface area contributed by atoms with E-state index in [-0.39, 0.29) is 18.3 Å². The van der Waals surface area contributed by atoms with Crippen molar-refractivity contribution in [3.63, 3.8) is 0 Å². The zero-order valence-electron chi connectivity index (χ0n) is 6.84. The Kier molecular flexibility index (Phi) is 4.54. The smallest absolute Gasteiger partial charge is 0.158 e. The number of Topliss-reactive ketones (excluding diaryl/α,β-unsaturated/α-hetero) is 1. The molecule has 0 bridgehead atoms. The second-order valence-corrected chi connectivity index (χ2v) is 2.71. The number of carbonyl (C=O) groups is 1. The van der Waals surface area contributed by atoms with Gasteiger partial charge in [-0.15, -0.1) is 0 Å². The van der Waals surface area contributed by atoms with Gasteiger partial charge in [0.1, 0.15) is 6.61 Å². The molecule has 1 unspecified atom stereocenters. The maximum absolute atomic E-state index is 10.6. The number of aliphatic hydroxyl groups excluding tert-OH is 1. The van der Waals surface area contributed by atoms with Gasteiger partial charge in [0, 0.05) is 12.1 Å². The molecule has 0 aromatic rings. The largest absolute Gasteiger partial charge is 0.402 e. The summed E-state index contributed by atoms with van der Waals surface area (Å²) in [6, 6.07) is 0. The van der Waals surface area contributed by atoms with E-state index in [0.717, 1.165) is 0 Å². The van der Waals surface area contributed by atoms with Crippen molar-refractivity contribution in [2.75, 3.05) is 6.61 Å². The SMILES string of the molecule is C=C(N)C(C)CCC(=O)CO. The molecule has 0 radical (unpaired) electrons. The topological polar surface area (TPSA) is 63.3 Å². The summed E-state index contributed by atoms with van der Waals surface area (Å²) in [5.41, 5.74) is 5.99. The Hall–Kier alpha value is -0.830. The second kappa shape index (κ2) is 4.91. The number of hydrogen-bond acceptors (Lipinski definition) is 3. The molecule has 1 atom stereocenters. The fourth-order valence-electron chi connectivity index (χ4n) is 0.642. The summed E-state index contributed by atoms with van der Waals surface area (Å²) in [5.74, 6) is 0.0172. The number of allylic oxidation sites excluding steroid dienone is 1. The van der Waals surface area contributed by atoms with Crippen molar-refractivity contribution >= 4 is 5.78 Å². The molecule has 0 aliphatic heterocycles. The van der Waals surface area contributed by atoms with Gasteiger partial charge in [-0.05, 0) is 12.3 Å². The molecule has 3 heteroatoms. The number of carbonyl (C=O) groups excluding carboxylic acids is 1. The normalized spacial score (nSPS) is 12.5. The van der Waals surface area contributed by atoms with Gasteiger partial charge >= 0.3 is 0 Å². The van der Waals surface area contributed by atoms with Crippen LogP contribution < -0.4 is 5.73 Å². The van der Waals surface area contributed by atoms with Crippen LogP contribution in [0.25, 0.3) is 0 Å². The van der Waals surface area contributed by atoms with E-state index in [9.17, 15) is 4.79 Å². The van der Waals surface area contributed by atoms with Gasteiger partial charge in [-0.25, -0.2) is 0 Å². The molecule has 11 heavy (non-hydrogen) atoms. The predicted octanol–water partition coefficient (Wildman–Crippen LogP) is 0.437. The minimum Gasteiger partial charge on any atom is -0.402 e. The van der Waals surface area contributed by atoms with Gasteiger partial charge in [0.25, 0.3) is 0 Å². The molecule has 3 nitrogen and oxygen atoms in total. The Labute approximate surface area is 66.9 Å². The predicted molar refractivity (Wildman–Crippen MR) is 43.8 cm³/mol. The highest BCUT2D eigenvalue weighted by atomic mass is 16.3. The maximum atomic E-state index is 10.6. The highest BCUT2D eigenvalue weighted by molar-refractivity contribution is 5.79. The lowest BCUT2D eigenvalue weighted by Crippen LogP contribution is -2.11. The highest BCUT2D eigenvalue weighted by Gasteiger charge is 2.06. The van der Waals surface area contributed by atoms with Crippen LogP contribution >= 0.6 is 0 Å². The second-order valence-electron chi connectivity index (χ2n) is 2.71. The van der Waals surface area contributed by atoms with E-state index in [2.05, 4.69) is 6.58 Å². The number of rotatable bonds is 5. The van der Waals surface area contributed by atoms with Crippen LogP contribution in [0.15, 0.2) is 12.3 Å². The van der Waals surface area contributed by atoms with Crippen LogP contribution in [-0.2, 0) is 4.79 Å². The lowest BCUT2D eigenvalue weighted by atomic mass is 10.0. The summed E-state index contributed by atoms with van der Waals surface area (Å²) >= 11 is 0. The Balaban J connectivity index is 3.54. The van der Waals surface area contributed by atoms with Gasteiger partial charge < -0.3 is 10.8 Å². The summed E-state index contributed by atoms with van der Waals surface area (Å²) in [4.78, 5) is 10.6. The molecule has 0 aromatic heterocycles. The molecule has 0 fully saturated rings.